The molecule has 5 heteroatoms. The number of hydrogen-bond donors (Lipinski definition) is 2. The van der Waals surface area contributed by atoms with Crippen molar-refractivity contribution in [3.05, 3.63) is 0 Å². The highest BCUT2D eigenvalue weighted by molar-refractivity contribution is 8.06. The van der Waals surface area contributed by atoms with Crippen LogP contribution in [0.15, 0.2) is 0 Å². The van der Waals surface area contributed by atoms with Gasteiger partial charge in [-0.05, 0) is 13.3 Å². The molecule has 1 rings (SSSR count). The Bertz CT molecular complexity index is 208. The second-order valence-corrected chi connectivity index (χ2v) is 6.55. The minimum atomic E-state index is -0.0703. The first kappa shape index (κ1) is 14.2. The van der Waals surface area contributed by atoms with Crippen LogP contribution in [0.1, 0.15) is 20.3 Å². The van der Waals surface area contributed by atoms with Crippen LogP contribution in [0.2, 0.25) is 0 Å². The van der Waals surface area contributed by atoms with Crippen molar-refractivity contribution >= 4 is 29.4 Å². The molecule has 1 heterocycles. The molecule has 0 bridgehead atoms. The molecule has 0 aromatic rings. The molecular weight excluding hydrogens is 240 g/mol. The summed E-state index contributed by atoms with van der Waals surface area (Å²) < 4.78 is 0. The van der Waals surface area contributed by atoms with E-state index in [0.717, 1.165) is 19.5 Å². The first-order valence-corrected chi connectivity index (χ1v) is 8.14. The van der Waals surface area contributed by atoms with Crippen LogP contribution in [-0.4, -0.2) is 47.5 Å². The van der Waals surface area contributed by atoms with E-state index in [1.54, 1.807) is 0 Å². The van der Waals surface area contributed by atoms with Crippen molar-refractivity contribution in [3.8, 4) is 0 Å². The summed E-state index contributed by atoms with van der Waals surface area (Å²) >= 11 is 4.04. The van der Waals surface area contributed by atoms with Crippen LogP contribution >= 0.6 is 23.5 Å². The van der Waals surface area contributed by atoms with E-state index in [2.05, 4.69) is 17.6 Å². The van der Waals surface area contributed by atoms with Gasteiger partial charge in [-0.2, -0.15) is 23.5 Å². The lowest BCUT2D eigenvalue weighted by molar-refractivity contribution is -0.122. The lowest BCUT2D eigenvalue weighted by atomic mass is 10.3. The second-order valence-electron chi connectivity index (χ2n) is 3.99. The molecule has 0 aromatic carbocycles. The number of thioether (sulfide) groups is 2. The van der Waals surface area contributed by atoms with E-state index in [-0.39, 0.29) is 11.9 Å². The summed E-state index contributed by atoms with van der Waals surface area (Å²) in [7, 11) is 0. The van der Waals surface area contributed by atoms with Crippen LogP contribution in [0.4, 0.5) is 0 Å². The summed E-state index contributed by atoms with van der Waals surface area (Å²) in [6, 6.07) is -0.0703. The normalized spacial score (nSPS) is 22.8. The highest BCUT2D eigenvalue weighted by Crippen LogP contribution is 2.23. The number of carbonyl (C=O) groups is 1. The number of carbonyl (C=O) groups excluding carboxylic acids is 1. The van der Waals surface area contributed by atoms with Crippen molar-refractivity contribution in [1.82, 2.24) is 10.6 Å². The van der Waals surface area contributed by atoms with Crippen LogP contribution < -0.4 is 10.6 Å². The summed E-state index contributed by atoms with van der Waals surface area (Å²) in [5.41, 5.74) is 0. The summed E-state index contributed by atoms with van der Waals surface area (Å²) in [6.45, 7) is 5.72. The zero-order valence-corrected chi connectivity index (χ0v) is 11.8. The molecule has 0 radical (unpaired) electrons. The average molecular weight is 262 g/mol. The molecule has 1 aliphatic heterocycles. The maximum Gasteiger partial charge on any atom is 0.236 e. The molecule has 2 N–H and O–H groups in total. The van der Waals surface area contributed by atoms with E-state index in [0.29, 0.717) is 5.25 Å². The van der Waals surface area contributed by atoms with E-state index < -0.39 is 0 Å². The highest BCUT2D eigenvalue weighted by Gasteiger charge is 2.17. The van der Waals surface area contributed by atoms with Gasteiger partial charge in [0.25, 0.3) is 0 Å². The summed E-state index contributed by atoms with van der Waals surface area (Å²) in [5.74, 6) is 3.84. The third kappa shape index (κ3) is 5.46. The van der Waals surface area contributed by atoms with Gasteiger partial charge in [-0.3, -0.25) is 4.79 Å². The monoisotopic (exact) mass is 262 g/mol. The molecule has 0 aromatic heterocycles. The topological polar surface area (TPSA) is 41.1 Å². The predicted octanol–water partition coefficient (Wildman–Crippen LogP) is 1.34. The third-order valence-corrected chi connectivity index (χ3v) is 5.32. The van der Waals surface area contributed by atoms with E-state index in [1.807, 2.05) is 30.4 Å². The Morgan fingerprint density at radius 1 is 1.50 bits per heavy atom. The minimum Gasteiger partial charge on any atom is -0.355 e. The van der Waals surface area contributed by atoms with Crippen molar-refractivity contribution < 1.29 is 4.79 Å². The molecule has 3 nitrogen and oxygen atoms in total. The number of hydrogen-bond acceptors (Lipinski definition) is 4. The van der Waals surface area contributed by atoms with Crippen LogP contribution in [0, 0.1) is 0 Å². The molecule has 16 heavy (non-hydrogen) atoms. The first-order chi connectivity index (χ1) is 7.74. The van der Waals surface area contributed by atoms with Gasteiger partial charge in [0.15, 0.2) is 0 Å². The molecule has 2 atom stereocenters. The molecule has 1 aliphatic rings. The van der Waals surface area contributed by atoms with Crippen LogP contribution in [-0.2, 0) is 4.79 Å². The fraction of sp³-hybridized carbons (Fsp3) is 0.909. The van der Waals surface area contributed by atoms with Gasteiger partial charge in [0.05, 0.1) is 6.04 Å². The number of amides is 1. The van der Waals surface area contributed by atoms with Crippen molar-refractivity contribution in [3.63, 3.8) is 0 Å². The predicted molar refractivity (Wildman–Crippen MR) is 74.3 cm³/mol. The van der Waals surface area contributed by atoms with Crippen LogP contribution in [0.25, 0.3) is 0 Å². The third-order valence-electron chi connectivity index (χ3n) is 2.48. The Balaban J connectivity index is 2.12. The van der Waals surface area contributed by atoms with Gasteiger partial charge in [0.2, 0.25) is 5.91 Å². The molecule has 0 saturated carbocycles. The van der Waals surface area contributed by atoms with E-state index in [9.17, 15) is 4.79 Å². The zero-order chi connectivity index (χ0) is 11.8. The molecule has 94 valence electrons. The van der Waals surface area contributed by atoms with Crippen molar-refractivity contribution in [2.75, 3.05) is 30.3 Å². The second kappa shape index (κ2) is 8.25. The smallest absolute Gasteiger partial charge is 0.236 e. The Morgan fingerprint density at radius 3 is 2.94 bits per heavy atom. The molecular formula is C11H22N2OS2. The summed E-state index contributed by atoms with van der Waals surface area (Å²) in [6.07, 6.45) is 0.994. The van der Waals surface area contributed by atoms with Crippen LogP contribution in [0.5, 0.6) is 0 Å². The molecule has 2 unspecified atom stereocenters. The Hall–Kier alpha value is 0.130. The quantitative estimate of drug-likeness (QED) is 0.758. The standard InChI is InChI=1S/C11H22N2OS2/c1-3-4-12-11(14)9(2)13-7-10-8-15-5-6-16-10/h9-10,13H,3-8H2,1-2H3,(H,12,14). The molecule has 1 fully saturated rings. The van der Waals surface area contributed by atoms with Gasteiger partial charge in [-0.15, -0.1) is 0 Å². The molecule has 0 spiro atoms. The van der Waals surface area contributed by atoms with Gasteiger partial charge in [0, 0.05) is 35.6 Å². The molecule has 1 saturated heterocycles. The molecule has 0 aliphatic carbocycles. The van der Waals surface area contributed by atoms with Crippen molar-refractivity contribution in [2.24, 2.45) is 0 Å². The molecule has 1 amide bonds. The zero-order valence-electron chi connectivity index (χ0n) is 10.1. The number of rotatable bonds is 6. The van der Waals surface area contributed by atoms with Gasteiger partial charge in [-0.1, -0.05) is 6.92 Å². The lowest BCUT2D eigenvalue weighted by Gasteiger charge is -2.23. The fourth-order valence-electron chi connectivity index (χ4n) is 1.46. The maximum atomic E-state index is 11.6. The van der Waals surface area contributed by atoms with Gasteiger partial charge in [-0.25, -0.2) is 0 Å². The largest absolute Gasteiger partial charge is 0.355 e. The van der Waals surface area contributed by atoms with Gasteiger partial charge in [0.1, 0.15) is 0 Å². The van der Waals surface area contributed by atoms with Crippen molar-refractivity contribution in [1.29, 1.82) is 0 Å². The van der Waals surface area contributed by atoms with Gasteiger partial charge >= 0.3 is 0 Å². The van der Waals surface area contributed by atoms with E-state index >= 15 is 0 Å². The first-order valence-electron chi connectivity index (χ1n) is 5.94. The Morgan fingerprint density at radius 2 is 2.31 bits per heavy atom. The summed E-state index contributed by atoms with van der Waals surface area (Å²) in [4.78, 5) is 11.6. The average Bonchev–Trinajstić information content (AvgIpc) is 2.34. The van der Waals surface area contributed by atoms with Crippen LogP contribution in [0.3, 0.4) is 0 Å². The Labute approximate surface area is 107 Å². The maximum absolute atomic E-state index is 11.6. The van der Waals surface area contributed by atoms with E-state index in [4.69, 9.17) is 0 Å². The SMILES string of the molecule is CCCNC(=O)C(C)NCC1CSCCS1. The summed E-state index contributed by atoms with van der Waals surface area (Å²) in [5, 5.41) is 6.89. The minimum absolute atomic E-state index is 0.0703. The van der Waals surface area contributed by atoms with E-state index in [1.165, 1.54) is 17.3 Å². The number of nitrogens with one attached hydrogen (secondary N) is 2. The Kier molecular flexibility index (Phi) is 7.32. The fourth-order valence-corrected chi connectivity index (χ4v) is 4.08. The lowest BCUT2D eigenvalue weighted by Crippen LogP contribution is -2.45. The van der Waals surface area contributed by atoms with Gasteiger partial charge < -0.3 is 10.6 Å². The van der Waals surface area contributed by atoms with Crippen molar-refractivity contribution in [2.45, 2.75) is 31.6 Å². The highest BCUT2D eigenvalue weighted by atomic mass is 32.2.